The highest BCUT2D eigenvalue weighted by Crippen LogP contribution is 2.47. The first-order valence-corrected chi connectivity index (χ1v) is 15.8. The first kappa shape index (κ1) is 31.5. The van der Waals surface area contributed by atoms with E-state index in [1.807, 2.05) is 91.0 Å². The highest BCUT2D eigenvalue weighted by Gasteiger charge is 2.51. The topological polar surface area (TPSA) is 121 Å². The molecule has 2 aromatic heterocycles. The van der Waals surface area contributed by atoms with Crippen molar-refractivity contribution in [1.82, 2.24) is 19.5 Å². The van der Waals surface area contributed by atoms with Crippen LogP contribution in [-0.2, 0) is 15.1 Å². The van der Waals surface area contributed by atoms with E-state index < -0.39 is 29.4 Å². The van der Waals surface area contributed by atoms with Crippen molar-refractivity contribution in [2.75, 3.05) is 19.0 Å². The van der Waals surface area contributed by atoms with Crippen LogP contribution in [0.4, 0.5) is 5.82 Å². The molecule has 4 aromatic carbocycles. The molecule has 10 nitrogen and oxygen atoms in total. The summed E-state index contributed by atoms with van der Waals surface area (Å²) in [4.78, 5) is 26.4. The molecule has 11 heteroatoms. The summed E-state index contributed by atoms with van der Waals surface area (Å²) in [5.74, 6) is 0.608. The number of fused-ring (bicyclic) bond motifs is 1. The molecule has 48 heavy (non-hydrogen) atoms. The summed E-state index contributed by atoms with van der Waals surface area (Å²) in [5.41, 5.74) is 2.61. The number of nitrogens with zero attached hydrogens (tertiary/aromatic N) is 4. The summed E-state index contributed by atoms with van der Waals surface area (Å²) in [7, 11) is 1.62. The Morgan fingerprint density at radius 1 is 0.875 bits per heavy atom. The smallest absolute Gasteiger partial charge is 0.256 e. The fraction of sp³-hybridized carbons (Fsp3) is 0.189. The van der Waals surface area contributed by atoms with Crippen molar-refractivity contribution >= 4 is 34.5 Å². The third-order valence-electron chi connectivity index (χ3n) is 8.52. The molecule has 0 aliphatic carbocycles. The number of halogens is 1. The van der Waals surface area contributed by atoms with Gasteiger partial charge in [-0.05, 0) is 41.0 Å². The van der Waals surface area contributed by atoms with E-state index in [4.69, 9.17) is 25.8 Å². The van der Waals surface area contributed by atoms with Gasteiger partial charge in [0.2, 0.25) is 0 Å². The SMILES string of the molecule is COc1ccc(C(O[C@@H]2[C@@H](Cl)[C@@H](CO)O[C@H]2n2cnc3c(NC(=O)c4ccccc4)ncnc32)(c2ccccc2)c2ccccc2)cc1. The van der Waals surface area contributed by atoms with Gasteiger partial charge in [-0.15, -0.1) is 11.6 Å². The Labute approximate surface area is 281 Å². The molecular weight excluding hydrogens is 630 g/mol. The summed E-state index contributed by atoms with van der Waals surface area (Å²) in [5, 5.41) is 12.4. The molecule has 0 spiro atoms. The number of benzene rings is 4. The molecule has 242 valence electrons. The molecule has 2 N–H and O–H groups in total. The molecule has 0 bridgehead atoms. The van der Waals surface area contributed by atoms with Gasteiger partial charge >= 0.3 is 0 Å². The first-order valence-electron chi connectivity index (χ1n) is 15.4. The summed E-state index contributed by atoms with van der Waals surface area (Å²) in [6, 6.07) is 36.3. The van der Waals surface area contributed by atoms with Gasteiger partial charge in [0.05, 0.1) is 25.4 Å². The Morgan fingerprint density at radius 2 is 1.48 bits per heavy atom. The van der Waals surface area contributed by atoms with Crippen molar-refractivity contribution in [3.63, 3.8) is 0 Å². The molecule has 4 atom stereocenters. The number of anilines is 1. The number of alkyl halides is 1. The number of ether oxygens (including phenoxy) is 3. The lowest BCUT2D eigenvalue weighted by Crippen LogP contribution is -2.42. The van der Waals surface area contributed by atoms with Gasteiger partial charge < -0.3 is 24.6 Å². The van der Waals surface area contributed by atoms with Gasteiger partial charge in [-0.2, -0.15) is 0 Å². The molecule has 0 saturated carbocycles. The second kappa shape index (κ2) is 13.5. The normalized spacial score (nSPS) is 19.3. The van der Waals surface area contributed by atoms with E-state index in [2.05, 4.69) is 20.3 Å². The number of aliphatic hydroxyl groups excluding tert-OH is 1. The summed E-state index contributed by atoms with van der Waals surface area (Å²) in [6.45, 7) is -0.337. The van der Waals surface area contributed by atoms with E-state index in [0.29, 0.717) is 22.5 Å². The Bertz CT molecular complexity index is 1950. The number of aromatic nitrogens is 4. The Hall–Kier alpha value is -5.13. The van der Waals surface area contributed by atoms with Gasteiger partial charge in [-0.3, -0.25) is 9.36 Å². The van der Waals surface area contributed by atoms with E-state index >= 15 is 0 Å². The van der Waals surface area contributed by atoms with Gasteiger partial charge in [0.25, 0.3) is 5.91 Å². The maximum Gasteiger partial charge on any atom is 0.256 e. The number of nitrogens with one attached hydrogen (secondary N) is 1. The van der Waals surface area contributed by atoms with Crippen molar-refractivity contribution in [3.05, 3.63) is 150 Å². The maximum absolute atomic E-state index is 13.0. The zero-order valence-electron chi connectivity index (χ0n) is 25.9. The Kier molecular flexibility index (Phi) is 8.88. The van der Waals surface area contributed by atoms with Crippen LogP contribution in [0.5, 0.6) is 5.75 Å². The number of rotatable bonds is 10. The van der Waals surface area contributed by atoms with Crippen LogP contribution < -0.4 is 10.1 Å². The largest absolute Gasteiger partial charge is 0.497 e. The third kappa shape index (κ3) is 5.69. The summed E-state index contributed by atoms with van der Waals surface area (Å²) in [6.07, 6.45) is 0.442. The second-order valence-corrected chi connectivity index (χ2v) is 11.8. The minimum absolute atomic E-state index is 0.241. The molecule has 3 heterocycles. The quantitative estimate of drug-likeness (QED) is 0.136. The summed E-state index contributed by atoms with van der Waals surface area (Å²) >= 11 is 7.14. The van der Waals surface area contributed by atoms with E-state index in [0.717, 1.165) is 16.7 Å². The maximum atomic E-state index is 13.0. The van der Waals surface area contributed by atoms with Crippen LogP contribution in [0.3, 0.4) is 0 Å². The van der Waals surface area contributed by atoms with E-state index in [1.165, 1.54) is 6.33 Å². The lowest BCUT2D eigenvalue weighted by atomic mass is 9.79. The number of hydrogen-bond donors (Lipinski definition) is 2. The van der Waals surface area contributed by atoms with Gasteiger partial charge in [0.15, 0.2) is 23.2 Å². The lowest BCUT2D eigenvalue weighted by molar-refractivity contribution is -0.109. The van der Waals surface area contributed by atoms with Crippen molar-refractivity contribution in [2.45, 2.75) is 29.4 Å². The number of carbonyl (C=O) groups excluding carboxylic acids is 1. The molecule has 1 saturated heterocycles. The monoisotopic (exact) mass is 661 g/mol. The van der Waals surface area contributed by atoms with Crippen LogP contribution in [0, 0.1) is 0 Å². The van der Waals surface area contributed by atoms with Crippen LogP contribution in [0.2, 0.25) is 0 Å². The van der Waals surface area contributed by atoms with E-state index in [1.54, 1.807) is 42.3 Å². The van der Waals surface area contributed by atoms with Crippen LogP contribution in [0.1, 0.15) is 33.3 Å². The zero-order valence-corrected chi connectivity index (χ0v) is 26.6. The highest BCUT2D eigenvalue weighted by molar-refractivity contribution is 6.21. The predicted octanol–water partition coefficient (Wildman–Crippen LogP) is 5.96. The van der Waals surface area contributed by atoms with Gasteiger partial charge in [0.1, 0.15) is 29.9 Å². The Morgan fingerprint density at radius 3 is 2.08 bits per heavy atom. The number of aliphatic hydroxyl groups is 1. The molecule has 1 amide bonds. The predicted molar refractivity (Wildman–Crippen MR) is 181 cm³/mol. The van der Waals surface area contributed by atoms with Crippen LogP contribution >= 0.6 is 11.6 Å². The fourth-order valence-electron chi connectivity index (χ4n) is 6.17. The molecule has 7 rings (SSSR count). The number of hydrogen-bond acceptors (Lipinski definition) is 8. The highest BCUT2D eigenvalue weighted by atomic mass is 35.5. The van der Waals surface area contributed by atoms with Crippen LogP contribution in [0.25, 0.3) is 11.2 Å². The average Bonchev–Trinajstić information content (AvgIpc) is 3.72. The minimum Gasteiger partial charge on any atom is -0.497 e. The molecule has 1 aliphatic heterocycles. The molecule has 0 radical (unpaired) electrons. The first-order chi connectivity index (χ1) is 23.5. The minimum atomic E-state index is -1.17. The van der Waals surface area contributed by atoms with Crippen molar-refractivity contribution in [3.8, 4) is 5.75 Å². The van der Waals surface area contributed by atoms with Crippen molar-refractivity contribution in [1.29, 1.82) is 0 Å². The molecule has 1 aliphatic rings. The van der Waals surface area contributed by atoms with E-state index in [9.17, 15) is 9.90 Å². The second-order valence-electron chi connectivity index (χ2n) is 11.3. The Balaban J connectivity index is 1.34. The van der Waals surface area contributed by atoms with Crippen molar-refractivity contribution in [2.24, 2.45) is 0 Å². The molecule has 0 unspecified atom stereocenters. The molecular formula is C37H32ClN5O5. The van der Waals surface area contributed by atoms with Gasteiger partial charge in [0, 0.05) is 5.56 Å². The standard InChI is InChI=1S/C37H32ClN5O5/c1-46-28-19-17-27(18-20-28)37(25-13-7-3-8-14-25,26-15-9-4-10-16-26)48-32-30(38)29(21-44)47-36(32)43-23-41-31-33(39-22-40-34(31)43)42-35(45)24-11-5-2-6-12-24/h2-20,22-23,29-30,32,36,44H,21H2,1H3,(H,39,40,42,45)/t29-,30+,32-,36-/m1/s1. The van der Waals surface area contributed by atoms with Crippen LogP contribution in [-0.4, -0.2) is 61.8 Å². The molecule has 6 aromatic rings. The number of amides is 1. The van der Waals surface area contributed by atoms with Crippen LogP contribution in [0.15, 0.2) is 128 Å². The zero-order chi connectivity index (χ0) is 33.1. The average molecular weight is 662 g/mol. The number of imidazole rings is 1. The molecule has 1 fully saturated rings. The van der Waals surface area contributed by atoms with Gasteiger partial charge in [-0.1, -0.05) is 91.0 Å². The van der Waals surface area contributed by atoms with Crippen molar-refractivity contribution < 1.29 is 24.1 Å². The fourth-order valence-corrected chi connectivity index (χ4v) is 6.48. The van der Waals surface area contributed by atoms with E-state index in [-0.39, 0.29) is 18.3 Å². The lowest BCUT2D eigenvalue weighted by Gasteiger charge is -2.40. The number of carbonyl (C=O) groups is 1. The van der Waals surface area contributed by atoms with Gasteiger partial charge in [-0.25, -0.2) is 15.0 Å². The summed E-state index contributed by atoms with van der Waals surface area (Å²) < 4.78 is 20.9. The number of methoxy groups -OCH3 is 1. The third-order valence-corrected chi connectivity index (χ3v) is 9.04.